The molecule has 0 unspecified atom stereocenters. The van der Waals surface area contributed by atoms with Crippen molar-refractivity contribution in [3.05, 3.63) is 65.6 Å². The normalized spacial score (nSPS) is 12.5. The van der Waals surface area contributed by atoms with E-state index in [1.807, 2.05) is 0 Å². The summed E-state index contributed by atoms with van der Waals surface area (Å²) in [5.74, 6) is -5.31. The van der Waals surface area contributed by atoms with E-state index < -0.39 is 18.7 Å². The largest absolute Gasteiger partial charge is 0.487 e. The topological polar surface area (TPSA) is 37.0 Å². The number of hydrogen-bond acceptors (Lipinski definition) is 2. The molecule has 0 radical (unpaired) electrons. The first-order valence-corrected chi connectivity index (χ1v) is 8.78. The molecule has 0 spiro atoms. The number of nitrogens with one attached hydrogen (secondary N) is 2. The summed E-state index contributed by atoms with van der Waals surface area (Å²) in [4.78, 5) is 3.07. The number of fused-ring (bicyclic) bond motifs is 1. The van der Waals surface area contributed by atoms with Gasteiger partial charge < -0.3 is 15.0 Å². The molecule has 0 aliphatic rings. The average Bonchev–Trinajstić information content (AvgIpc) is 3.05. The second kappa shape index (κ2) is 8.36. The number of ether oxygens (including phenoxy) is 1. The zero-order chi connectivity index (χ0) is 21.1. The summed E-state index contributed by atoms with van der Waals surface area (Å²) in [5.41, 5.74) is 2.45. The monoisotopic (exact) mass is 416 g/mol. The number of halogens is 6. The van der Waals surface area contributed by atoms with Crippen LogP contribution in [0.1, 0.15) is 11.1 Å². The molecule has 3 rings (SSSR count). The van der Waals surface area contributed by atoms with E-state index in [1.54, 1.807) is 18.3 Å². The molecule has 2 aromatic carbocycles. The van der Waals surface area contributed by atoms with Crippen molar-refractivity contribution in [1.82, 2.24) is 10.3 Å². The lowest BCUT2D eigenvalue weighted by Crippen LogP contribution is -2.41. The molecule has 0 aliphatic carbocycles. The predicted molar refractivity (Wildman–Crippen MR) is 96.6 cm³/mol. The minimum Gasteiger partial charge on any atom is -0.487 e. The Balaban J connectivity index is 1.51. The maximum Gasteiger partial charge on any atom is 0.456 e. The molecule has 0 saturated carbocycles. The number of rotatable bonds is 8. The van der Waals surface area contributed by atoms with Gasteiger partial charge >= 0.3 is 12.1 Å². The van der Waals surface area contributed by atoms with Crippen molar-refractivity contribution >= 4 is 10.9 Å². The zero-order valence-electron chi connectivity index (χ0n) is 15.1. The first-order chi connectivity index (χ1) is 13.7. The Hall–Kier alpha value is -2.68. The summed E-state index contributed by atoms with van der Waals surface area (Å²) in [6.07, 6.45) is -3.23. The fourth-order valence-electron chi connectivity index (χ4n) is 2.81. The number of H-pyrrole nitrogens is 1. The summed E-state index contributed by atoms with van der Waals surface area (Å²) >= 11 is 0. The van der Waals surface area contributed by atoms with Gasteiger partial charge in [-0.25, -0.2) is 4.39 Å². The molecule has 0 atom stereocenters. The van der Waals surface area contributed by atoms with Gasteiger partial charge in [0, 0.05) is 23.6 Å². The molecule has 29 heavy (non-hydrogen) atoms. The highest BCUT2D eigenvalue weighted by Crippen LogP contribution is 2.35. The van der Waals surface area contributed by atoms with Crippen LogP contribution in [0.5, 0.6) is 5.75 Å². The summed E-state index contributed by atoms with van der Waals surface area (Å²) in [5, 5.41) is 3.95. The van der Waals surface area contributed by atoms with E-state index in [0.29, 0.717) is 25.1 Å². The minimum absolute atomic E-state index is 0.0691. The predicted octanol–water partition coefficient (Wildman–Crippen LogP) is 5.22. The standard InChI is InChI=1S/C20H18F6N2O/c21-15-4-5-18-17(9-15)14(11-28-18)6-7-27-10-13-2-1-3-16(8-13)29-12-19(22,23)20(24,25)26/h1-5,8-9,11,27-28H,6-7,10,12H2. The van der Waals surface area contributed by atoms with Gasteiger partial charge in [-0.1, -0.05) is 12.1 Å². The van der Waals surface area contributed by atoms with Crippen molar-refractivity contribution in [2.24, 2.45) is 0 Å². The van der Waals surface area contributed by atoms with E-state index in [0.717, 1.165) is 16.5 Å². The Labute approximate surface area is 162 Å². The third kappa shape index (κ3) is 5.23. The van der Waals surface area contributed by atoms with Crippen LogP contribution in [0.3, 0.4) is 0 Å². The molecular formula is C20H18F6N2O. The molecular weight excluding hydrogens is 398 g/mol. The molecule has 3 nitrogen and oxygen atoms in total. The number of hydrogen-bond donors (Lipinski definition) is 2. The Bertz CT molecular complexity index is 967. The average molecular weight is 416 g/mol. The number of alkyl halides is 5. The Morgan fingerprint density at radius 1 is 1.00 bits per heavy atom. The third-order valence-electron chi connectivity index (χ3n) is 4.36. The van der Waals surface area contributed by atoms with Crippen LogP contribution in [0, 0.1) is 5.82 Å². The molecule has 1 aromatic heterocycles. The van der Waals surface area contributed by atoms with Crippen LogP contribution in [0.25, 0.3) is 10.9 Å². The first kappa shape index (κ1) is 21.0. The van der Waals surface area contributed by atoms with Crippen molar-refractivity contribution in [3.8, 4) is 5.75 Å². The summed E-state index contributed by atoms with van der Waals surface area (Å²) in [6, 6.07) is 10.4. The van der Waals surface area contributed by atoms with Crippen LogP contribution in [0.4, 0.5) is 26.3 Å². The van der Waals surface area contributed by atoms with Gasteiger partial charge in [0.1, 0.15) is 11.6 Å². The molecule has 0 amide bonds. The minimum atomic E-state index is -5.66. The van der Waals surface area contributed by atoms with Crippen molar-refractivity contribution in [3.63, 3.8) is 0 Å². The SMILES string of the molecule is Fc1ccc2[nH]cc(CCNCc3cccc(OCC(F)(F)C(F)(F)F)c3)c2c1. The Kier molecular flexibility index (Phi) is 6.07. The lowest BCUT2D eigenvalue weighted by Gasteiger charge is -2.20. The maximum absolute atomic E-state index is 13.4. The summed E-state index contributed by atoms with van der Waals surface area (Å²) < 4.78 is 80.5. The van der Waals surface area contributed by atoms with Crippen molar-refractivity contribution in [1.29, 1.82) is 0 Å². The first-order valence-electron chi connectivity index (χ1n) is 8.78. The van der Waals surface area contributed by atoms with Gasteiger partial charge in [0.25, 0.3) is 0 Å². The van der Waals surface area contributed by atoms with Gasteiger partial charge in [0.05, 0.1) is 0 Å². The fraction of sp³-hybridized carbons (Fsp3) is 0.300. The smallest absolute Gasteiger partial charge is 0.456 e. The van der Waals surface area contributed by atoms with Gasteiger partial charge in [0.2, 0.25) is 0 Å². The molecule has 0 bridgehead atoms. The number of aromatic amines is 1. The fourth-order valence-corrected chi connectivity index (χ4v) is 2.81. The van der Waals surface area contributed by atoms with Crippen molar-refractivity contribution < 1.29 is 31.1 Å². The molecule has 2 N–H and O–H groups in total. The molecule has 0 saturated heterocycles. The summed E-state index contributed by atoms with van der Waals surface area (Å²) in [7, 11) is 0. The molecule has 0 fully saturated rings. The number of aromatic nitrogens is 1. The van der Waals surface area contributed by atoms with Crippen LogP contribution in [-0.4, -0.2) is 30.2 Å². The molecule has 9 heteroatoms. The molecule has 3 aromatic rings. The lowest BCUT2D eigenvalue weighted by molar-refractivity contribution is -0.290. The van der Waals surface area contributed by atoms with Crippen LogP contribution in [-0.2, 0) is 13.0 Å². The van der Waals surface area contributed by atoms with Crippen LogP contribution in [0.2, 0.25) is 0 Å². The van der Waals surface area contributed by atoms with E-state index >= 15 is 0 Å². The van der Waals surface area contributed by atoms with Gasteiger partial charge in [-0.2, -0.15) is 22.0 Å². The van der Waals surface area contributed by atoms with E-state index in [1.165, 1.54) is 30.3 Å². The van der Waals surface area contributed by atoms with Crippen LogP contribution in [0.15, 0.2) is 48.7 Å². The van der Waals surface area contributed by atoms with E-state index in [2.05, 4.69) is 15.0 Å². The van der Waals surface area contributed by atoms with E-state index in [4.69, 9.17) is 0 Å². The molecule has 0 aliphatic heterocycles. The zero-order valence-corrected chi connectivity index (χ0v) is 15.1. The lowest BCUT2D eigenvalue weighted by atomic mass is 10.1. The van der Waals surface area contributed by atoms with Crippen molar-refractivity contribution in [2.75, 3.05) is 13.2 Å². The van der Waals surface area contributed by atoms with Crippen LogP contribution < -0.4 is 10.1 Å². The summed E-state index contributed by atoms with van der Waals surface area (Å²) in [6.45, 7) is -0.852. The van der Waals surface area contributed by atoms with Crippen molar-refractivity contribution in [2.45, 2.75) is 25.1 Å². The van der Waals surface area contributed by atoms with E-state index in [9.17, 15) is 26.3 Å². The second-order valence-corrected chi connectivity index (χ2v) is 6.57. The Morgan fingerprint density at radius 3 is 2.55 bits per heavy atom. The third-order valence-corrected chi connectivity index (χ3v) is 4.36. The van der Waals surface area contributed by atoms with Gasteiger partial charge in [-0.15, -0.1) is 0 Å². The molecule has 156 valence electrons. The highest BCUT2D eigenvalue weighted by atomic mass is 19.4. The second-order valence-electron chi connectivity index (χ2n) is 6.57. The highest BCUT2D eigenvalue weighted by Gasteiger charge is 2.58. The quantitative estimate of drug-likeness (QED) is 0.391. The number of benzene rings is 2. The van der Waals surface area contributed by atoms with Gasteiger partial charge in [-0.3, -0.25) is 0 Å². The van der Waals surface area contributed by atoms with E-state index in [-0.39, 0.29) is 11.6 Å². The van der Waals surface area contributed by atoms with Gasteiger partial charge in [-0.05, 0) is 54.4 Å². The van der Waals surface area contributed by atoms with Crippen LogP contribution >= 0.6 is 0 Å². The Morgan fingerprint density at radius 2 is 1.79 bits per heavy atom. The maximum atomic E-state index is 13.4. The van der Waals surface area contributed by atoms with Gasteiger partial charge in [0.15, 0.2) is 6.61 Å². The molecule has 1 heterocycles. The highest BCUT2D eigenvalue weighted by molar-refractivity contribution is 5.83.